The van der Waals surface area contributed by atoms with Gasteiger partial charge in [-0.05, 0) is 39.0 Å². The Labute approximate surface area is 172 Å². The average Bonchev–Trinajstić information content (AvgIpc) is 3.19. The van der Waals surface area contributed by atoms with Crippen molar-refractivity contribution >= 4 is 22.9 Å². The highest BCUT2D eigenvalue weighted by Gasteiger charge is 2.48. The fourth-order valence-electron chi connectivity index (χ4n) is 4.79. The molecule has 4 rings (SSSR count). The summed E-state index contributed by atoms with van der Waals surface area (Å²) in [5, 5.41) is 3.27. The van der Waals surface area contributed by atoms with Gasteiger partial charge in [-0.1, -0.05) is 33.1 Å². The van der Waals surface area contributed by atoms with Gasteiger partial charge >= 0.3 is 0 Å². The first-order chi connectivity index (χ1) is 13.8. The van der Waals surface area contributed by atoms with Crippen LogP contribution in [0.4, 0.5) is 0 Å². The van der Waals surface area contributed by atoms with Crippen molar-refractivity contribution in [3.63, 3.8) is 0 Å². The predicted octanol–water partition coefficient (Wildman–Crippen LogP) is 4.25. The third-order valence-electron chi connectivity index (χ3n) is 6.60. The maximum absolute atomic E-state index is 13.5. The Hall–Kier alpha value is -2.24. The van der Waals surface area contributed by atoms with E-state index >= 15 is 0 Å². The molecule has 2 aromatic heterocycles. The number of aryl methyl sites for hydroxylation is 1. The van der Waals surface area contributed by atoms with Crippen molar-refractivity contribution in [3.8, 4) is 0 Å². The SMILES string of the molecule is Cc1cc2c(cc3n2C[C@](C)(C(=O)NC2CCCCC2)N(CCC(C)C)C3=O)o1. The molecule has 1 atom stereocenters. The van der Waals surface area contributed by atoms with E-state index in [0.29, 0.717) is 30.3 Å². The van der Waals surface area contributed by atoms with Crippen LogP contribution in [0, 0.1) is 12.8 Å². The lowest BCUT2D eigenvalue weighted by molar-refractivity contribution is -0.133. The van der Waals surface area contributed by atoms with Crippen LogP contribution in [0.2, 0.25) is 0 Å². The number of hydrogen-bond acceptors (Lipinski definition) is 3. The van der Waals surface area contributed by atoms with Gasteiger partial charge in [0.05, 0.1) is 12.1 Å². The summed E-state index contributed by atoms with van der Waals surface area (Å²) in [6.45, 7) is 9.15. The van der Waals surface area contributed by atoms with Crippen molar-refractivity contribution in [2.45, 2.75) is 84.3 Å². The Morgan fingerprint density at radius 2 is 2.00 bits per heavy atom. The number of hydrogen-bond donors (Lipinski definition) is 1. The van der Waals surface area contributed by atoms with E-state index in [1.165, 1.54) is 6.42 Å². The van der Waals surface area contributed by atoms with E-state index in [1.54, 1.807) is 4.90 Å². The molecule has 6 heteroatoms. The second kappa shape index (κ2) is 7.54. The van der Waals surface area contributed by atoms with E-state index in [9.17, 15) is 9.59 Å². The highest BCUT2D eigenvalue weighted by Crippen LogP contribution is 2.34. The molecule has 1 aliphatic heterocycles. The Balaban J connectivity index is 1.69. The minimum Gasteiger partial charge on any atom is -0.460 e. The molecule has 1 N–H and O–H groups in total. The Bertz CT molecular complexity index is 919. The van der Waals surface area contributed by atoms with Gasteiger partial charge in [0.2, 0.25) is 5.91 Å². The van der Waals surface area contributed by atoms with Crippen LogP contribution >= 0.6 is 0 Å². The minimum atomic E-state index is -0.909. The highest BCUT2D eigenvalue weighted by molar-refractivity contribution is 6.03. The Morgan fingerprint density at radius 1 is 1.28 bits per heavy atom. The van der Waals surface area contributed by atoms with Gasteiger partial charge in [-0.3, -0.25) is 9.59 Å². The standard InChI is InChI=1S/C23H33N3O3/c1-15(2)10-11-26-21(27)19-13-20-18(12-16(3)29-20)25(19)14-23(26,4)22(28)24-17-8-6-5-7-9-17/h12-13,15,17H,5-11,14H2,1-4H3,(H,24,28)/t23-/m1/s1. The summed E-state index contributed by atoms with van der Waals surface area (Å²) in [6.07, 6.45) is 6.49. The third-order valence-corrected chi connectivity index (χ3v) is 6.60. The largest absolute Gasteiger partial charge is 0.460 e. The molecular formula is C23H33N3O3. The molecule has 1 fully saturated rings. The van der Waals surface area contributed by atoms with Gasteiger partial charge in [0.25, 0.3) is 5.91 Å². The number of nitrogens with one attached hydrogen (secondary N) is 1. The molecule has 0 unspecified atom stereocenters. The normalized spacial score (nSPS) is 23.1. The van der Waals surface area contributed by atoms with E-state index in [4.69, 9.17) is 4.42 Å². The maximum Gasteiger partial charge on any atom is 0.271 e. The van der Waals surface area contributed by atoms with Crippen LogP contribution in [0.3, 0.4) is 0 Å². The van der Waals surface area contributed by atoms with Crippen LogP contribution in [0.5, 0.6) is 0 Å². The zero-order valence-corrected chi connectivity index (χ0v) is 18.1. The van der Waals surface area contributed by atoms with Gasteiger partial charge in [-0.25, -0.2) is 0 Å². The predicted molar refractivity (Wildman–Crippen MR) is 113 cm³/mol. The topological polar surface area (TPSA) is 67.5 Å². The smallest absolute Gasteiger partial charge is 0.271 e. The first kappa shape index (κ1) is 20.0. The van der Waals surface area contributed by atoms with E-state index in [1.807, 2.05) is 30.5 Å². The molecule has 1 aliphatic carbocycles. The van der Waals surface area contributed by atoms with Gasteiger partial charge in [-0.2, -0.15) is 0 Å². The number of fused-ring (bicyclic) bond motifs is 3. The van der Waals surface area contributed by atoms with Crippen molar-refractivity contribution in [2.24, 2.45) is 5.92 Å². The Morgan fingerprint density at radius 3 is 2.69 bits per heavy atom. The summed E-state index contributed by atoms with van der Waals surface area (Å²) >= 11 is 0. The molecule has 0 saturated heterocycles. The average molecular weight is 400 g/mol. The van der Waals surface area contributed by atoms with Crippen LogP contribution < -0.4 is 5.32 Å². The van der Waals surface area contributed by atoms with Crippen molar-refractivity contribution in [1.29, 1.82) is 0 Å². The van der Waals surface area contributed by atoms with Crippen LogP contribution in [-0.2, 0) is 11.3 Å². The van der Waals surface area contributed by atoms with Gasteiger partial charge < -0.3 is 19.2 Å². The molecule has 1 saturated carbocycles. The first-order valence-corrected chi connectivity index (χ1v) is 11.0. The summed E-state index contributed by atoms with van der Waals surface area (Å²) in [6, 6.07) is 4.00. The molecule has 29 heavy (non-hydrogen) atoms. The fourth-order valence-corrected chi connectivity index (χ4v) is 4.79. The molecule has 2 aromatic rings. The van der Waals surface area contributed by atoms with Crippen LogP contribution in [0.25, 0.3) is 11.1 Å². The molecule has 0 aromatic carbocycles. The van der Waals surface area contributed by atoms with Crippen LogP contribution in [0.15, 0.2) is 16.5 Å². The lowest BCUT2D eigenvalue weighted by Crippen LogP contribution is -2.65. The summed E-state index contributed by atoms with van der Waals surface area (Å²) in [5.74, 6) is 1.16. The van der Waals surface area contributed by atoms with Crippen molar-refractivity contribution in [2.75, 3.05) is 6.54 Å². The van der Waals surface area contributed by atoms with Gasteiger partial charge in [0.1, 0.15) is 17.0 Å². The number of nitrogens with zero attached hydrogens (tertiary/aromatic N) is 2. The zero-order chi connectivity index (χ0) is 20.8. The van der Waals surface area contributed by atoms with Gasteiger partial charge in [-0.15, -0.1) is 0 Å². The quantitative estimate of drug-likeness (QED) is 0.817. The number of furan rings is 1. The van der Waals surface area contributed by atoms with Crippen molar-refractivity contribution in [1.82, 2.24) is 14.8 Å². The van der Waals surface area contributed by atoms with E-state index in [0.717, 1.165) is 43.4 Å². The van der Waals surface area contributed by atoms with Crippen molar-refractivity contribution < 1.29 is 14.0 Å². The lowest BCUT2D eigenvalue weighted by Gasteiger charge is -2.45. The molecular weight excluding hydrogens is 366 g/mol. The third kappa shape index (κ3) is 3.58. The lowest BCUT2D eigenvalue weighted by atomic mass is 9.91. The summed E-state index contributed by atoms with van der Waals surface area (Å²) in [4.78, 5) is 28.8. The first-order valence-electron chi connectivity index (χ1n) is 11.0. The summed E-state index contributed by atoms with van der Waals surface area (Å²) in [7, 11) is 0. The number of rotatable bonds is 5. The molecule has 6 nitrogen and oxygen atoms in total. The number of aromatic nitrogens is 1. The molecule has 0 radical (unpaired) electrons. The molecule has 158 valence electrons. The van der Waals surface area contributed by atoms with E-state index in [-0.39, 0.29) is 17.9 Å². The number of carbonyl (C=O) groups is 2. The number of carbonyl (C=O) groups excluding carboxylic acids is 2. The van der Waals surface area contributed by atoms with Gasteiger partial charge in [0.15, 0.2) is 5.58 Å². The second-order valence-electron chi connectivity index (χ2n) is 9.44. The second-order valence-corrected chi connectivity index (χ2v) is 9.44. The van der Waals surface area contributed by atoms with Crippen molar-refractivity contribution in [3.05, 3.63) is 23.6 Å². The molecule has 0 spiro atoms. The monoisotopic (exact) mass is 399 g/mol. The maximum atomic E-state index is 13.5. The molecule has 2 amide bonds. The van der Waals surface area contributed by atoms with E-state index in [2.05, 4.69) is 19.2 Å². The summed E-state index contributed by atoms with van der Waals surface area (Å²) < 4.78 is 7.73. The highest BCUT2D eigenvalue weighted by atomic mass is 16.3. The fraction of sp³-hybridized carbons (Fsp3) is 0.652. The van der Waals surface area contributed by atoms with E-state index < -0.39 is 5.54 Å². The molecule has 3 heterocycles. The Kier molecular flexibility index (Phi) is 5.21. The minimum absolute atomic E-state index is 0.0331. The van der Waals surface area contributed by atoms with Gasteiger partial charge in [0, 0.05) is 24.7 Å². The number of amides is 2. The molecule has 2 aliphatic rings. The van der Waals surface area contributed by atoms with Crippen LogP contribution in [-0.4, -0.2) is 39.4 Å². The van der Waals surface area contributed by atoms with Crippen LogP contribution in [0.1, 0.15) is 75.5 Å². The molecule has 0 bridgehead atoms. The zero-order valence-electron chi connectivity index (χ0n) is 18.1. The summed E-state index contributed by atoms with van der Waals surface area (Å²) in [5.41, 5.74) is 1.32.